The van der Waals surface area contributed by atoms with Gasteiger partial charge in [0, 0.05) is 44.3 Å². The summed E-state index contributed by atoms with van der Waals surface area (Å²) < 4.78 is 7.81. The first-order valence-electron chi connectivity index (χ1n) is 8.34. The van der Waals surface area contributed by atoms with Gasteiger partial charge in [-0.2, -0.15) is 5.10 Å². The van der Waals surface area contributed by atoms with Crippen LogP contribution < -0.4 is 0 Å². The van der Waals surface area contributed by atoms with E-state index >= 15 is 0 Å². The van der Waals surface area contributed by atoms with E-state index in [1.54, 1.807) is 7.11 Å². The molecule has 0 aliphatic carbocycles. The molecule has 1 saturated heterocycles. The molecule has 0 amide bonds. The second kappa shape index (κ2) is 6.03. The first-order valence-corrected chi connectivity index (χ1v) is 8.34. The monoisotopic (exact) mass is 325 g/mol. The summed E-state index contributed by atoms with van der Waals surface area (Å²) in [5.74, 6) is 1.73. The van der Waals surface area contributed by atoms with Crippen LogP contribution in [0.4, 0.5) is 0 Å². The summed E-state index contributed by atoms with van der Waals surface area (Å²) in [5, 5.41) is 8.66. The van der Waals surface area contributed by atoms with Crippen molar-refractivity contribution in [1.29, 1.82) is 0 Å². The van der Waals surface area contributed by atoms with Crippen LogP contribution in [0.2, 0.25) is 0 Å². The van der Waals surface area contributed by atoms with Gasteiger partial charge in [-0.3, -0.25) is 10.00 Å². The lowest BCUT2D eigenvalue weighted by atomic mass is 10.1. The summed E-state index contributed by atoms with van der Waals surface area (Å²) in [6, 6.07) is 8.74. The van der Waals surface area contributed by atoms with E-state index in [1.165, 1.54) is 16.5 Å². The highest BCUT2D eigenvalue weighted by Crippen LogP contribution is 2.34. The number of aromatic nitrogens is 4. The molecule has 2 atom stereocenters. The second-order valence-electron chi connectivity index (χ2n) is 6.60. The van der Waals surface area contributed by atoms with E-state index < -0.39 is 0 Å². The minimum absolute atomic E-state index is 0.193. The number of para-hydroxylation sites is 1. The van der Waals surface area contributed by atoms with Gasteiger partial charge in [-0.1, -0.05) is 18.2 Å². The van der Waals surface area contributed by atoms with Crippen molar-refractivity contribution >= 4 is 10.9 Å². The maximum atomic E-state index is 5.62. The first kappa shape index (κ1) is 15.4. The topological polar surface area (TPSA) is 59.0 Å². The molecule has 4 rings (SSSR count). The SMILES string of the molecule is CO[C@H]1C[C@@H](c2n[nH]c(C)n2)N(Cc2cn(C)c3ccccc23)C1. The molecular formula is C18H23N5O. The van der Waals surface area contributed by atoms with Gasteiger partial charge in [-0.25, -0.2) is 4.98 Å². The fraction of sp³-hybridized carbons (Fsp3) is 0.444. The van der Waals surface area contributed by atoms with Crippen molar-refractivity contribution in [2.75, 3.05) is 13.7 Å². The number of benzene rings is 1. The Labute approximate surface area is 141 Å². The van der Waals surface area contributed by atoms with E-state index in [9.17, 15) is 0 Å². The van der Waals surface area contributed by atoms with Crippen molar-refractivity contribution < 1.29 is 4.74 Å². The Hall–Kier alpha value is -2.18. The number of fused-ring (bicyclic) bond motifs is 1. The summed E-state index contributed by atoms with van der Waals surface area (Å²) in [7, 11) is 3.89. The van der Waals surface area contributed by atoms with Crippen LogP contribution in [-0.4, -0.2) is 44.4 Å². The number of nitrogens with one attached hydrogen (secondary N) is 1. The number of likely N-dealkylation sites (tertiary alicyclic amines) is 1. The van der Waals surface area contributed by atoms with Gasteiger partial charge in [0.1, 0.15) is 5.82 Å². The Kier molecular flexibility index (Phi) is 3.86. The number of ether oxygens (including phenoxy) is 1. The van der Waals surface area contributed by atoms with Gasteiger partial charge in [0.2, 0.25) is 0 Å². The molecule has 0 spiro atoms. The highest BCUT2D eigenvalue weighted by molar-refractivity contribution is 5.83. The standard InChI is InChI=1S/C18H23N5O/c1-12-19-18(21-20-12)17-8-14(24-3)11-23(17)10-13-9-22(2)16-7-5-4-6-15(13)16/h4-7,9,14,17H,8,10-11H2,1-3H3,(H,19,20,21)/t14-,17-/m0/s1. The molecule has 24 heavy (non-hydrogen) atoms. The predicted molar refractivity (Wildman–Crippen MR) is 92.6 cm³/mol. The highest BCUT2D eigenvalue weighted by atomic mass is 16.5. The largest absolute Gasteiger partial charge is 0.380 e. The van der Waals surface area contributed by atoms with Gasteiger partial charge >= 0.3 is 0 Å². The van der Waals surface area contributed by atoms with Crippen LogP contribution in [0.3, 0.4) is 0 Å². The van der Waals surface area contributed by atoms with E-state index in [0.717, 1.165) is 31.2 Å². The molecule has 1 aliphatic heterocycles. The molecule has 2 aromatic heterocycles. The zero-order valence-corrected chi connectivity index (χ0v) is 14.4. The lowest BCUT2D eigenvalue weighted by molar-refractivity contribution is 0.107. The van der Waals surface area contributed by atoms with Gasteiger partial charge < -0.3 is 9.30 Å². The fourth-order valence-electron chi connectivity index (χ4n) is 3.76. The van der Waals surface area contributed by atoms with E-state index in [-0.39, 0.29) is 12.1 Å². The maximum Gasteiger partial charge on any atom is 0.167 e. The third-order valence-corrected chi connectivity index (χ3v) is 4.96. The molecule has 0 saturated carbocycles. The number of hydrogen-bond donors (Lipinski definition) is 1. The Morgan fingerprint density at radius 2 is 2.17 bits per heavy atom. The second-order valence-corrected chi connectivity index (χ2v) is 6.60. The number of nitrogens with zero attached hydrogens (tertiary/aromatic N) is 4. The van der Waals surface area contributed by atoms with Crippen LogP contribution in [0.15, 0.2) is 30.5 Å². The van der Waals surface area contributed by atoms with Gasteiger partial charge in [0.15, 0.2) is 5.82 Å². The first-order chi connectivity index (χ1) is 11.7. The van der Waals surface area contributed by atoms with E-state index in [0.29, 0.717) is 0 Å². The molecule has 1 fully saturated rings. The molecule has 0 bridgehead atoms. The Morgan fingerprint density at radius 3 is 2.92 bits per heavy atom. The number of rotatable bonds is 4. The van der Waals surface area contributed by atoms with Crippen LogP contribution in [0.5, 0.6) is 0 Å². The van der Waals surface area contributed by atoms with Crippen molar-refractivity contribution in [2.24, 2.45) is 7.05 Å². The van der Waals surface area contributed by atoms with Crippen LogP contribution in [0, 0.1) is 6.92 Å². The van der Waals surface area contributed by atoms with Gasteiger partial charge in [0.25, 0.3) is 0 Å². The average molecular weight is 325 g/mol. The van der Waals surface area contributed by atoms with E-state index in [1.807, 2.05) is 6.92 Å². The van der Waals surface area contributed by atoms with E-state index in [2.05, 4.69) is 62.2 Å². The zero-order valence-electron chi connectivity index (χ0n) is 14.4. The van der Waals surface area contributed by atoms with Crippen molar-refractivity contribution in [3.05, 3.63) is 47.7 Å². The molecule has 6 heteroatoms. The molecule has 3 aromatic rings. The summed E-state index contributed by atoms with van der Waals surface area (Å²) >= 11 is 0. The Balaban J connectivity index is 1.65. The van der Waals surface area contributed by atoms with Crippen molar-refractivity contribution in [3.63, 3.8) is 0 Å². The normalized spacial score (nSPS) is 21.8. The number of aryl methyl sites for hydroxylation is 2. The molecule has 6 nitrogen and oxygen atoms in total. The highest BCUT2D eigenvalue weighted by Gasteiger charge is 2.35. The average Bonchev–Trinajstić information content (AvgIpc) is 3.27. The quantitative estimate of drug-likeness (QED) is 0.801. The van der Waals surface area contributed by atoms with Crippen LogP contribution in [-0.2, 0) is 18.3 Å². The lowest BCUT2D eigenvalue weighted by Crippen LogP contribution is -2.25. The fourth-order valence-corrected chi connectivity index (χ4v) is 3.76. The summed E-state index contributed by atoms with van der Waals surface area (Å²) in [6.07, 6.45) is 3.38. The molecule has 126 valence electrons. The number of H-pyrrole nitrogens is 1. The summed E-state index contributed by atoms with van der Waals surface area (Å²) in [4.78, 5) is 6.98. The molecule has 1 N–H and O–H groups in total. The van der Waals surface area contributed by atoms with Gasteiger partial charge in [-0.05, 0) is 25.0 Å². The smallest absolute Gasteiger partial charge is 0.167 e. The summed E-state index contributed by atoms with van der Waals surface area (Å²) in [6.45, 7) is 3.71. The third kappa shape index (κ3) is 2.61. The minimum Gasteiger partial charge on any atom is -0.380 e. The molecule has 0 unspecified atom stereocenters. The van der Waals surface area contributed by atoms with Gasteiger partial charge in [0.05, 0.1) is 12.1 Å². The zero-order chi connectivity index (χ0) is 16.7. The molecular weight excluding hydrogens is 302 g/mol. The summed E-state index contributed by atoms with van der Waals surface area (Å²) in [5.41, 5.74) is 2.60. The van der Waals surface area contributed by atoms with Crippen molar-refractivity contribution in [2.45, 2.75) is 32.0 Å². The van der Waals surface area contributed by atoms with Crippen molar-refractivity contribution in [3.8, 4) is 0 Å². The Morgan fingerprint density at radius 1 is 1.33 bits per heavy atom. The molecule has 3 heterocycles. The molecule has 1 aromatic carbocycles. The van der Waals surface area contributed by atoms with Gasteiger partial charge in [-0.15, -0.1) is 0 Å². The number of methoxy groups -OCH3 is 1. The van der Waals surface area contributed by atoms with Crippen molar-refractivity contribution in [1.82, 2.24) is 24.6 Å². The Bertz CT molecular complexity index is 852. The molecule has 1 aliphatic rings. The van der Waals surface area contributed by atoms with E-state index in [4.69, 9.17) is 4.74 Å². The van der Waals surface area contributed by atoms with Crippen LogP contribution in [0.25, 0.3) is 10.9 Å². The number of hydrogen-bond acceptors (Lipinski definition) is 4. The predicted octanol–water partition coefficient (Wildman–Crippen LogP) is 2.57. The minimum atomic E-state index is 0.193. The maximum absolute atomic E-state index is 5.62. The number of aromatic amines is 1. The molecule has 0 radical (unpaired) electrons. The third-order valence-electron chi connectivity index (χ3n) is 4.96. The van der Waals surface area contributed by atoms with Crippen LogP contribution in [0.1, 0.15) is 29.7 Å². The van der Waals surface area contributed by atoms with Crippen LogP contribution >= 0.6 is 0 Å². The lowest BCUT2D eigenvalue weighted by Gasteiger charge is -2.21.